The number of carbonyl (C=O) groups excluding carboxylic acids is 3. The molecule has 0 spiro atoms. The zero-order valence-electron chi connectivity index (χ0n) is 39.7. The summed E-state index contributed by atoms with van der Waals surface area (Å²) in [5, 5.41) is 0. The molecule has 0 aromatic heterocycles. The van der Waals surface area contributed by atoms with Crippen LogP contribution in [0.4, 0.5) is 0 Å². The Bertz CT molecular complexity index is 887. The standard InChI is InChI=1S/C52H100O6/c1-6-8-9-10-11-12-13-14-15-22-27-32-37-42-50(53)56-45-49(58-52(55)44-39-34-29-24-18-16-20-25-30-35-40-47(3)4)46-57-51(54)43-38-33-28-23-19-17-21-26-31-36-41-48(5)7-2/h47-49H,6-46H2,1-5H3/t48?,49-/m1/s1. The molecular formula is C52H100O6. The minimum absolute atomic E-state index is 0.0639. The highest BCUT2D eigenvalue weighted by Gasteiger charge is 2.19. The second-order valence-corrected chi connectivity index (χ2v) is 18.5. The summed E-state index contributed by atoms with van der Waals surface area (Å²) in [6, 6.07) is 0. The first-order chi connectivity index (χ1) is 28.3. The highest BCUT2D eigenvalue weighted by Crippen LogP contribution is 2.18. The van der Waals surface area contributed by atoms with Crippen LogP contribution < -0.4 is 0 Å². The molecule has 0 aromatic carbocycles. The highest BCUT2D eigenvalue weighted by atomic mass is 16.6. The molecule has 6 heteroatoms. The molecule has 1 unspecified atom stereocenters. The molecule has 0 bridgehead atoms. The maximum atomic E-state index is 12.8. The fourth-order valence-electron chi connectivity index (χ4n) is 7.78. The van der Waals surface area contributed by atoms with Gasteiger partial charge in [-0.15, -0.1) is 0 Å². The molecule has 0 aliphatic carbocycles. The lowest BCUT2D eigenvalue weighted by Crippen LogP contribution is -2.30. The molecule has 0 aliphatic heterocycles. The Balaban J connectivity index is 4.33. The molecule has 0 radical (unpaired) electrons. The third-order valence-electron chi connectivity index (χ3n) is 12.1. The average Bonchev–Trinajstić information content (AvgIpc) is 3.21. The third-order valence-corrected chi connectivity index (χ3v) is 12.1. The second kappa shape index (κ2) is 44.9. The normalized spacial score (nSPS) is 12.5. The Labute approximate surface area is 361 Å². The van der Waals surface area contributed by atoms with Gasteiger partial charge >= 0.3 is 17.9 Å². The Kier molecular flexibility index (Phi) is 43.7. The Morgan fingerprint density at radius 1 is 0.362 bits per heavy atom. The average molecular weight is 821 g/mol. The lowest BCUT2D eigenvalue weighted by molar-refractivity contribution is -0.167. The minimum atomic E-state index is -0.761. The molecule has 0 N–H and O–H groups in total. The van der Waals surface area contributed by atoms with Crippen LogP contribution in [0.25, 0.3) is 0 Å². The molecule has 0 saturated heterocycles. The van der Waals surface area contributed by atoms with E-state index in [1.807, 2.05) is 0 Å². The number of rotatable bonds is 46. The SMILES string of the molecule is CCCCCCCCCCCCCCCC(=O)OC[C@H](COC(=O)CCCCCCCCCCCCC(C)CC)OC(=O)CCCCCCCCCCCCC(C)C. The summed E-state index contributed by atoms with van der Waals surface area (Å²) >= 11 is 0. The van der Waals surface area contributed by atoms with Gasteiger partial charge in [0.2, 0.25) is 0 Å². The molecule has 6 nitrogen and oxygen atoms in total. The van der Waals surface area contributed by atoms with Gasteiger partial charge in [-0.2, -0.15) is 0 Å². The van der Waals surface area contributed by atoms with Crippen LogP contribution in [0.15, 0.2) is 0 Å². The van der Waals surface area contributed by atoms with Crippen molar-refractivity contribution in [3.8, 4) is 0 Å². The molecule has 0 amide bonds. The maximum Gasteiger partial charge on any atom is 0.306 e. The van der Waals surface area contributed by atoms with E-state index < -0.39 is 6.10 Å². The highest BCUT2D eigenvalue weighted by molar-refractivity contribution is 5.71. The summed E-state index contributed by atoms with van der Waals surface area (Å²) in [5.41, 5.74) is 0. The van der Waals surface area contributed by atoms with Crippen molar-refractivity contribution in [2.24, 2.45) is 11.8 Å². The third kappa shape index (κ3) is 44.0. The van der Waals surface area contributed by atoms with Crippen molar-refractivity contribution in [2.75, 3.05) is 13.2 Å². The molecule has 2 atom stereocenters. The van der Waals surface area contributed by atoms with Crippen LogP contribution in [0.2, 0.25) is 0 Å². The fraction of sp³-hybridized carbons (Fsp3) is 0.942. The van der Waals surface area contributed by atoms with Gasteiger partial charge in [0.05, 0.1) is 0 Å². The van der Waals surface area contributed by atoms with Crippen LogP contribution in [-0.2, 0) is 28.6 Å². The van der Waals surface area contributed by atoms with Gasteiger partial charge in [-0.3, -0.25) is 14.4 Å². The predicted octanol–water partition coefficient (Wildman–Crippen LogP) is 16.5. The molecule has 0 fully saturated rings. The van der Waals surface area contributed by atoms with Crippen LogP contribution >= 0.6 is 0 Å². The van der Waals surface area contributed by atoms with Crippen molar-refractivity contribution in [2.45, 2.75) is 291 Å². The molecule has 0 aliphatic rings. The van der Waals surface area contributed by atoms with Gasteiger partial charge in [-0.05, 0) is 31.1 Å². The van der Waals surface area contributed by atoms with Crippen LogP contribution in [0.3, 0.4) is 0 Å². The largest absolute Gasteiger partial charge is 0.462 e. The Morgan fingerprint density at radius 2 is 0.655 bits per heavy atom. The van der Waals surface area contributed by atoms with E-state index in [-0.39, 0.29) is 31.1 Å². The van der Waals surface area contributed by atoms with Crippen LogP contribution in [0.5, 0.6) is 0 Å². The molecule has 0 heterocycles. The summed E-state index contributed by atoms with van der Waals surface area (Å²) in [4.78, 5) is 37.9. The van der Waals surface area contributed by atoms with Crippen molar-refractivity contribution >= 4 is 17.9 Å². The van der Waals surface area contributed by atoms with Gasteiger partial charge in [0.15, 0.2) is 6.10 Å². The van der Waals surface area contributed by atoms with Crippen LogP contribution in [-0.4, -0.2) is 37.2 Å². The van der Waals surface area contributed by atoms with Crippen LogP contribution in [0.1, 0.15) is 285 Å². The molecule has 0 rings (SSSR count). The first-order valence-corrected chi connectivity index (χ1v) is 25.8. The summed E-state index contributed by atoms with van der Waals surface area (Å²) < 4.78 is 16.8. The molecule has 0 aromatic rings. The van der Waals surface area contributed by atoms with Gasteiger partial charge in [0.1, 0.15) is 13.2 Å². The van der Waals surface area contributed by atoms with E-state index in [9.17, 15) is 14.4 Å². The molecule has 58 heavy (non-hydrogen) atoms. The quantitative estimate of drug-likeness (QED) is 0.0346. The van der Waals surface area contributed by atoms with Crippen molar-refractivity contribution in [3.63, 3.8) is 0 Å². The lowest BCUT2D eigenvalue weighted by atomic mass is 9.99. The predicted molar refractivity (Wildman–Crippen MR) is 247 cm³/mol. The maximum absolute atomic E-state index is 12.8. The van der Waals surface area contributed by atoms with Crippen molar-refractivity contribution in [1.82, 2.24) is 0 Å². The molecule has 0 saturated carbocycles. The minimum Gasteiger partial charge on any atom is -0.462 e. The number of hydrogen-bond donors (Lipinski definition) is 0. The number of carbonyl (C=O) groups is 3. The second-order valence-electron chi connectivity index (χ2n) is 18.5. The van der Waals surface area contributed by atoms with E-state index in [0.717, 1.165) is 69.6 Å². The first kappa shape index (κ1) is 56.4. The zero-order chi connectivity index (χ0) is 42.6. The van der Waals surface area contributed by atoms with Crippen molar-refractivity contribution in [1.29, 1.82) is 0 Å². The number of hydrogen-bond acceptors (Lipinski definition) is 6. The lowest BCUT2D eigenvalue weighted by Gasteiger charge is -2.18. The molecule has 344 valence electrons. The monoisotopic (exact) mass is 821 g/mol. The zero-order valence-corrected chi connectivity index (χ0v) is 39.7. The van der Waals surface area contributed by atoms with Gasteiger partial charge in [-0.1, -0.05) is 247 Å². The van der Waals surface area contributed by atoms with Crippen molar-refractivity contribution in [3.05, 3.63) is 0 Å². The smallest absolute Gasteiger partial charge is 0.306 e. The summed E-state index contributed by atoms with van der Waals surface area (Å²) in [5.74, 6) is 0.837. The van der Waals surface area contributed by atoms with Gasteiger partial charge in [0, 0.05) is 19.3 Å². The fourth-order valence-corrected chi connectivity index (χ4v) is 7.78. The van der Waals surface area contributed by atoms with Crippen molar-refractivity contribution < 1.29 is 28.6 Å². The van der Waals surface area contributed by atoms with E-state index >= 15 is 0 Å². The van der Waals surface area contributed by atoms with E-state index in [1.54, 1.807) is 0 Å². The Morgan fingerprint density at radius 3 is 0.983 bits per heavy atom. The Hall–Kier alpha value is -1.59. The van der Waals surface area contributed by atoms with E-state index in [4.69, 9.17) is 14.2 Å². The topological polar surface area (TPSA) is 78.9 Å². The number of unbranched alkanes of at least 4 members (excludes halogenated alkanes) is 30. The van der Waals surface area contributed by atoms with E-state index in [2.05, 4.69) is 34.6 Å². The number of esters is 3. The van der Waals surface area contributed by atoms with E-state index in [1.165, 1.54) is 173 Å². The first-order valence-electron chi connectivity index (χ1n) is 25.8. The van der Waals surface area contributed by atoms with Crippen LogP contribution in [0, 0.1) is 11.8 Å². The summed E-state index contributed by atoms with van der Waals surface area (Å²) in [7, 11) is 0. The van der Waals surface area contributed by atoms with Gasteiger partial charge < -0.3 is 14.2 Å². The summed E-state index contributed by atoms with van der Waals surface area (Å²) in [6.45, 7) is 11.4. The molecular weight excluding hydrogens is 721 g/mol. The van der Waals surface area contributed by atoms with E-state index in [0.29, 0.717) is 19.3 Å². The number of ether oxygens (including phenoxy) is 3. The van der Waals surface area contributed by atoms with Gasteiger partial charge in [-0.25, -0.2) is 0 Å². The summed E-state index contributed by atoms with van der Waals surface area (Å²) in [6.07, 6.45) is 45.1. The van der Waals surface area contributed by atoms with Gasteiger partial charge in [0.25, 0.3) is 0 Å².